The summed E-state index contributed by atoms with van der Waals surface area (Å²) < 4.78 is 5.52. The molecule has 0 atom stereocenters. The van der Waals surface area contributed by atoms with E-state index in [1.54, 1.807) is 18.2 Å². The van der Waals surface area contributed by atoms with Crippen molar-refractivity contribution in [2.75, 3.05) is 0 Å². The average molecular weight is 279 g/mol. The fraction of sp³-hybridized carbons (Fsp3) is 0.133. The van der Waals surface area contributed by atoms with Crippen molar-refractivity contribution >= 4 is 17.6 Å². The van der Waals surface area contributed by atoms with Crippen molar-refractivity contribution in [2.24, 2.45) is 0 Å². The largest absolute Gasteiger partial charge is 0.478 e. The minimum atomic E-state index is -1.05. The van der Waals surface area contributed by atoms with Crippen LogP contribution in [0.5, 0.6) is 11.5 Å². The third-order valence-corrected chi connectivity index (χ3v) is 2.46. The van der Waals surface area contributed by atoms with Crippen LogP contribution >= 0.6 is 11.6 Å². The van der Waals surface area contributed by atoms with Gasteiger partial charge in [0.1, 0.15) is 11.5 Å². The minimum absolute atomic E-state index is 0.0621. The maximum Gasteiger partial charge on any atom is 0.337 e. The van der Waals surface area contributed by atoms with Gasteiger partial charge in [-0.25, -0.2) is 4.79 Å². The Hall–Kier alpha value is -2.00. The van der Waals surface area contributed by atoms with E-state index in [0.29, 0.717) is 11.5 Å². The van der Waals surface area contributed by atoms with E-state index < -0.39 is 5.97 Å². The van der Waals surface area contributed by atoms with Crippen LogP contribution in [0.2, 0.25) is 5.02 Å². The molecule has 100 valence electrons. The van der Waals surface area contributed by atoms with E-state index in [1.165, 1.54) is 12.1 Å². The second kappa shape index (κ2) is 7.44. The first-order chi connectivity index (χ1) is 9.16. The van der Waals surface area contributed by atoms with Crippen molar-refractivity contribution in [2.45, 2.75) is 13.8 Å². The van der Waals surface area contributed by atoms with E-state index in [9.17, 15) is 4.79 Å². The molecule has 0 spiro atoms. The molecule has 1 N–H and O–H groups in total. The molecule has 0 radical (unpaired) electrons. The molecule has 19 heavy (non-hydrogen) atoms. The van der Waals surface area contributed by atoms with Gasteiger partial charge in [-0.05, 0) is 24.3 Å². The molecule has 0 aliphatic rings. The Bertz CT molecular complexity index is 538. The number of aromatic carboxylic acids is 1. The Kier molecular flexibility index (Phi) is 5.90. The van der Waals surface area contributed by atoms with Gasteiger partial charge in [0.15, 0.2) is 0 Å². The summed E-state index contributed by atoms with van der Waals surface area (Å²) >= 11 is 5.83. The molecule has 0 unspecified atom stereocenters. The second-order valence-electron chi connectivity index (χ2n) is 3.36. The van der Waals surface area contributed by atoms with Crippen molar-refractivity contribution in [1.29, 1.82) is 0 Å². The van der Waals surface area contributed by atoms with Crippen LogP contribution in [0.3, 0.4) is 0 Å². The number of carboxylic acid groups (broad SMARTS) is 1. The lowest BCUT2D eigenvalue weighted by atomic mass is 10.2. The molecule has 2 aromatic rings. The van der Waals surface area contributed by atoms with Crippen molar-refractivity contribution in [1.82, 2.24) is 0 Å². The SMILES string of the molecule is CC.O=C(O)c1ccc(Oc2ccccc2)cc1Cl. The Morgan fingerprint density at radius 3 is 2.21 bits per heavy atom. The molecule has 0 bridgehead atoms. The van der Waals surface area contributed by atoms with E-state index >= 15 is 0 Å². The quantitative estimate of drug-likeness (QED) is 0.872. The van der Waals surface area contributed by atoms with Gasteiger partial charge in [0, 0.05) is 6.07 Å². The third kappa shape index (κ3) is 4.30. The van der Waals surface area contributed by atoms with Gasteiger partial charge < -0.3 is 9.84 Å². The van der Waals surface area contributed by atoms with E-state index in [-0.39, 0.29) is 10.6 Å². The van der Waals surface area contributed by atoms with E-state index in [4.69, 9.17) is 21.4 Å². The van der Waals surface area contributed by atoms with E-state index in [1.807, 2.05) is 32.0 Å². The highest BCUT2D eigenvalue weighted by Gasteiger charge is 2.09. The summed E-state index contributed by atoms with van der Waals surface area (Å²) in [6.07, 6.45) is 0. The van der Waals surface area contributed by atoms with Crippen LogP contribution in [0, 0.1) is 0 Å². The summed E-state index contributed by atoms with van der Waals surface area (Å²) in [7, 11) is 0. The Morgan fingerprint density at radius 2 is 1.68 bits per heavy atom. The number of halogens is 1. The fourth-order valence-electron chi connectivity index (χ4n) is 1.36. The fourth-order valence-corrected chi connectivity index (χ4v) is 1.61. The molecule has 0 aromatic heterocycles. The van der Waals surface area contributed by atoms with Crippen molar-refractivity contribution in [3.8, 4) is 11.5 Å². The molecule has 0 fully saturated rings. The number of rotatable bonds is 3. The number of ether oxygens (including phenoxy) is 1. The topological polar surface area (TPSA) is 46.5 Å². The van der Waals surface area contributed by atoms with Crippen LogP contribution in [-0.4, -0.2) is 11.1 Å². The van der Waals surface area contributed by atoms with E-state index in [2.05, 4.69) is 0 Å². The Balaban J connectivity index is 0.000000861. The number of para-hydroxylation sites is 1. The standard InChI is InChI=1S/C13H9ClO3.C2H6/c14-12-8-10(6-7-11(12)13(15)16)17-9-4-2-1-3-5-9;1-2/h1-8H,(H,15,16);1-2H3. The van der Waals surface area contributed by atoms with Gasteiger partial charge in [0.25, 0.3) is 0 Å². The van der Waals surface area contributed by atoms with Crippen LogP contribution in [0.1, 0.15) is 24.2 Å². The monoisotopic (exact) mass is 278 g/mol. The maximum absolute atomic E-state index is 10.8. The van der Waals surface area contributed by atoms with Gasteiger partial charge in [0.2, 0.25) is 0 Å². The number of hydrogen-bond acceptors (Lipinski definition) is 2. The summed E-state index contributed by atoms with van der Waals surface area (Å²) in [5, 5.41) is 8.98. The second-order valence-corrected chi connectivity index (χ2v) is 3.77. The number of benzene rings is 2. The Morgan fingerprint density at radius 1 is 1.05 bits per heavy atom. The average Bonchev–Trinajstić information content (AvgIpc) is 2.42. The highest BCUT2D eigenvalue weighted by atomic mass is 35.5. The molecule has 4 heteroatoms. The smallest absolute Gasteiger partial charge is 0.337 e. The summed E-state index contributed by atoms with van der Waals surface area (Å²) in [6, 6.07) is 13.7. The highest BCUT2D eigenvalue weighted by molar-refractivity contribution is 6.33. The maximum atomic E-state index is 10.8. The Labute approximate surface area is 117 Å². The van der Waals surface area contributed by atoms with Gasteiger partial charge >= 0.3 is 5.97 Å². The number of hydrogen-bond donors (Lipinski definition) is 1. The highest BCUT2D eigenvalue weighted by Crippen LogP contribution is 2.26. The predicted octanol–water partition coefficient (Wildman–Crippen LogP) is 4.86. The zero-order valence-electron chi connectivity index (χ0n) is 10.8. The summed E-state index contributed by atoms with van der Waals surface area (Å²) in [5.74, 6) is 0.124. The normalized spacial score (nSPS) is 9.21. The predicted molar refractivity (Wildman–Crippen MR) is 76.3 cm³/mol. The van der Waals surface area contributed by atoms with Crippen molar-refractivity contribution in [3.63, 3.8) is 0 Å². The van der Waals surface area contributed by atoms with Gasteiger partial charge in [0.05, 0.1) is 10.6 Å². The van der Waals surface area contributed by atoms with Gasteiger partial charge in [-0.15, -0.1) is 0 Å². The summed E-state index contributed by atoms with van der Waals surface area (Å²) in [4.78, 5) is 10.8. The van der Waals surface area contributed by atoms with Crippen LogP contribution in [0.4, 0.5) is 0 Å². The van der Waals surface area contributed by atoms with E-state index in [0.717, 1.165) is 0 Å². The lowest BCUT2D eigenvalue weighted by Crippen LogP contribution is -1.97. The summed E-state index contributed by atoms with van der Waals surface area (Å²) in [6.45, 7) is 4.00. The van der Waals surface area contributed by atoms with Crippen LogP contribution in [-0.2, 0) is 0 Å². The first-order valence-electron chi connectivity index (χ1n) is 5.92. The molecule has 0 aliphatic heterocycles. The molecule has 0 heterocycles. The number of carbonyl (C=O) groups is 1. The lowest BCUT2D eigenvalue weighted by molar-refractivity contribution is 0.0697. The zero-order chi connectivity index (χ0) is 14.3. The molecule has 0 saturated heterocycles. The van der Waals surface area contributed by atoms with Crippen LogP contribution in [0.15, 0.2) is 48.5 Å². The molecule has 0 amide bonds. The molecule has 3 nitrogen and oxygen atoms in total. The molecule has 0 aliphatic carbocycles. The first-order valence-corrected chi connectivity index (χ1v) is 6.30. The molecular weight excluding hydrogens is 264 g/mol. The first kappa shape index (κ1) is 15.1. The molecule has 0 saturated carbocycles. The minimum Gasteiger partial charge on any atom is -0.478 e. The van der Waals surface area contributed by atoms with Crippen molar-refractivity contribution < 1.29 is 14.6 Å². The van der Waals surface area contributed by atoms with Gasteiger partial charge in [-0.3, -0.25) is 0 Å². The molecule has 2 aromatic carbocycles. The number of carboxylic acids is 1. The zero-order valence-corrected chi connectivity index (χ0v) is 11.5. The van der Waals surface area contributed by atoms with Gasteiger partial charge in [-0.1, -0.05) is 43.6 Å². The summed E-state index contributed by atoms with van der Waals surface area (Å²) in [5.41, 5.74) is 0.0621. The van der Waals surface area contributed by atoms with Crippen molar-refractivity contribution in [3.05, 3.63) is 59.1 Å². The third-order valence-electron chi connectivity index (χ3n) is 2.15. The van der Waals surface area contributed by atoms with Crippen LogP contribution in [0.25, 0.3) is 0 Å². The van der Waals surface area contributed by atoms with Gasteiger partial charge in [-0.2, -0.15) is 0 Å². The lowest BCUT2D eigenvalue weighted by Gasteiger charge is -2.06. The molecular formula is C15H15ClO3. The molecule has 2 rings (SSSR count). The van der Waals surface area contributed by atoms with Crippen LogP contribution < -0.4 is 4.74 Å².